The van der Waals surface area contributed by atoms with Crippen LogP contribution in [0.2, 0.25) is 0 Å². The van der Waals surface area contributed by atoms with Crippen LogP contribution in [0.4, 0.5) is 0 Å². The summed E-state index contributed by atoms with van der Waals surface area (Å²) >= 11 is 0. The summed E-state index contributed by atoms with van der Waals surface area (Å²) in [5.74, 6) is -0.295. The van der Waals surface area contributed by atoms with Crippen molar-refractivity contribution in [2.45, 2.75) is 37.8 Å². The van der Waals surface area contributed by atoms with E-state index < -0.39 is 22.7 Å². The van der Waals surface area contributed by atoms with Crippen LogP contribution in [0.25, 0.3) is 0 Å². The van der Waals surface area contributed by atoms with Gasteiger partial charge >= 0.3 is 0 Å². The first kappa shape index (κ1) is 11.9. The smallest absolute Gasteiger partial charge is 0.214 e. The molecule has 1 rings (SSSR count). The molecule has 2 unspecified atom stereocenters. The van der Waals surface area contributed by atoms with E-state index in [1.807, 2.05) is 0 Å². The minimum absolute atomic E-state index is 0.295. The van der Waals surface area contributed by atoms with Gasteiger partial charge in [-0.2, -0.15) is 0 Å². The Balaban J connectivity index is 2.49. The van der Waals surface area contributed by atoms with Gasteiger partial charge in [-0.1, -0.05) is 12.8 Å². The number of aliphatic hydroxyl groups is 2. The summed E-state index contributed by atoms with van der Waals surface area (Å²) in [5, 5.41) is 18.0. The van der Waals surface area contributed by atoms with E-state index in [0.29, 0.717) is 12.8 Å². The third-order valence-electron chi connectivity index (χ3n) is 2.42. The van der Waals surface area contributed by atoms with Crippen molar-refractivity contribution in [3.8, 4) is 0 Å². The second-order valence-corrected chi connectivity index (χ2v) is 5.49. The average molecular weight is 223 g/mol. The van der Waals surface area contributed by atoms with Gasteiger partial charge in [0.2, 0.25) is 10.0 Å². The molecule has 0 amide bonds. The third kappa shape index (κ3) is 3.53. The monoisotopic (exact) mass is 223 g/mol. The molecule has 0 aliphatic heterocycles. The predicted molar refractivity (Wildman–Crippen MR) is 52.3 cm³/mol. The number of rotatable bonds is 4. The topological polar surface area (TPSA) is 86.6 Å². The maximum absolute atomic E-state index is 11.3. The van der Waals surface area contributed by atoms with Crippen LogP contribution in [0.3, 0.4) is 0 Å². The fourth-order valence-corrected chi connectivity index (χ4v) is 2.75. The molecule has 5 nitrogen and oxygen atoms in total. The normalized spacial score (nSPS) is 29.0. The van der Waals surface area contributed by atoms with Gasteiger partial charge in [0.25, 0.3) is 0 Å². The van der Waals surface area contributed by atoms with E-state index in [1.54, 1.807) is 0 Å². The fraction of sp³-hybridized carbons (Fsp3) is 1.00. The van der Waals surface area contributed by atoms with Gasteiger partial charge in [-0.25, -0.2) is 13.1 Å². The van der Waals surface area contributed by atoms with Crippen LogP contribution in [0.5, 0.6) is 0 Å². The van der Waals surface area contributed by atoms with Crippen LogP contribution in [0.1, 0.15) is 25.7 Å². The molecule has 0 spiro atoms. The minimum Gasteiger partial charge on any atom is -0.395 e. The summed E-state index contributed by atoms with van der Waals surface area (Å²) in [6.45, 7) is -0.391. The largest absolute Gasteiger partial charge is 0.395 e. The van der Waals surface area contributed by atoms with Crippen molar-refractivity contribution in [3.63, 3.8) is 0 Å². The zero-order chi connectivity index (χ0) is 10.6. The predicted octanol–water partition coefficient (Wildman–Crippen LogP) is -0.798. The van der Waals surface area contributed by atoms with E-state index in [9.17, 15) is 13.5 Å². The SMILES string of the molecule is O=S(=O)(CCO)NC1CCCCC1O. The molecule has 1 fully saturated rings. The molecule has 1 saturated carbocycles. The highest BCUT2D eigenvalue weighted by molar-refractivity contribution is 7.89. The van der Waals surface area contributed by atoms with Crippen LogP contribution in [-0.4, -0.2) is 43.1 Å². The van der Waals surface area contributed by atoms with E-state index in [1.165, 1.54) is 0 Å². The van der Waals surface area contributed by atoms with Crippen LogP contribution in [0, 0.1) is 0 Å². The second kappa shape index (κ2) is 5.06. The van der Waals surface area contributed by atoms with E-state index in [-0.39, 0.29) is 11.8 Å². The van der Waals surface area contributed by atoms with Crippen LogP contribution in [0.15, 0.2) is 0 Å². The number of nitrogens with one attached hydrogen (secondary N) is 1. The third-order valence-corrected chi connectivity index (χ3v) is 3.80. The summed E-state index contributed by atoms with van der Waals surface area (Å²) in [6.07, 6.45) is 2.61. The van der Waals surface area contributed by atoms with Gasteiger partial charge in [0.05, 0.1) is 18.5 Å². The molecule has 1 aliphatic carbocycles. The molecule has 1 aliphatic rings. The fourth-order valence-electron chi connectivity index (χ4n) is 1.66. The molecular weight excluding hydrogens is 206 g/mol. The van der Waals surface area contributed by atoms with E-state index in [0.717, 1.165) is 12.8 Å². The summed E-state index contributed by atoms with van der Waals surface area (Å²) in [5.41, 5.74) is 0. The van der Waals surface area contributed by atoms with Crippen molar-refractivity contribution in [2.24, 2.45) is 0 Å². The van der Waals surface area contributed by atoms with Gasteiger partial charge < -0.3 is 10.2 Å². The van der Waals surface area contributed by atoms with Gasteiger partial charge in [0.15, 0.2) is 0 Å². The Morgan fingerprint density at radius 3 is 2.50 bits per heavy atom. The van der Waals surface area contributed by atoms with Crippen molar-refractivity contribution < 1.29 is 18.6 Å². The molecule has 0 aromatic heterocycles. The molecule has 0 aromatic rings. The zero-order valence-electron chi connectivity index (χ0n) is 8.02. The second-order valence-electron chi connectivity index (χ2n) is 3.62. The summed E-state index contributed by atoms with van der Waals surface area (Å²) in [7, 11) is -3.42. The molecule has 0 heterocycles. The van der Waals surface area contributed by atoms with Crippen molar-refractivity contribution in [1.82, 2.24) is 4.72 Å². The molecular formula is C8H17NO4S. The van der Waals surface area contributed by atoms with Crippen LogP contribution >= 0.6 is 0 Å². The Morgan fingerprint density at radius 2 is 1.93 bits per heavy atom. The average Bonchev–Trinajstić information content (AvgIpc) is 2.08. The van der Waals surface area contributed by atoms with E-state index in [2.05, 4.69) is 4.72 Å². The Morgan fingerprint density at radius 1 is 1.29 bits per heavy atom. The highest BCUT2D eigenvalue weighted by atomic mass is 32.2. The summed E-state index contributed by atoms with van der Waals surface area (Å²) in [4.78, 5) is 0. The van der Waals surface area contributed by atoms with Gasteiger partial charge in [-0.3, -0.25) is 0 Å². The molecule has 84 valence electrons. The number of aliphatic hydroxyl groups excluding tert-OH is 2. The maximum Gasteiger partial charge on any atom is 0.214 e. The molecule has 6 heteroatoms. The van der Waals surface area contributed by atoms with Crippen molar-refractivity contribution >= 4 is 10.0 Å². The van der Waals surface area contributed by atoms with Crippen LogP contribution < -0.4 is 4.72 Å². The Kier molecular flexibility index (Phi) is 4.31. The van der Waals surface area contributed by atoms with Crippen LogP contribution in [-0.2, 0) is 10.0 Å². The quantitative estimate of drug-likeness (QED) is 0.582. The molecule has 3 N–H and O–H groups in total. The zero-order valence-corrected chi connectivity index (χ0v) is 8.83. The Labute approximate surface area is 84.2 Å². The minimum atomic E-state index is -3.42. The van der Waals surface area contributed by atoms with Gasteiger partial charge in [-0.15, -0.1) is 0 Å². The van der Waals surface area contributed by atoms with Gasteiger partial charge in [0.1, 0.15) is 0 Å². The maximum atomic E-state index is 11.3. The number of sulfonamides is 1. The lowest BCUT2D eigenvalue weighted by atomic mass is 9.93. The molecule has 2 atom stereocenters. The molecule has 14 heavy (non-hydrogen) atoms. The molecule has 0 saturated heterocycles. The van der Waals surface area contributed by atoms with Crippen molar-refractivity contribution in [3.05, 3.63) is 0 Å². The Bertz CT molecular complexity index is 265. The Hall–Kier alpha value is -0.170. The van der Waals surface area contributed by atoms with E-state index >= 15 is 0 Å². The van der Waals surface area contributed by atoms with Crippen molar-refractivity contribution in [2.75, 3.05) is 12.4 Å². The first-order valence-corrected chi connectivity index (χ1v) is 6.49. The first-order valence-electron chi connectivity index (χ1n) is 4.84. The lowest BCUT2D eigenvalue weighted by Crippen LogP contribution is -2.46. The molecule has 0 aromatic carbocycles. The highest BCUT2D eigenvalue weighted by Gasteiger charge is 2.26. The van der Waals surface area contributed by atoms with Gasteiger partial charge in [0, 0.05) is 6.04 Å². The summed E-state index contributed by atoms with van der Waals surface area (Å²) in [6, 6.07) is -0.375. The lowest BCUT2D eigenvalue weighted by molar-refractivity contribution is 0.101. The first-order chi connectivity index (χ1) is 6.55. The number of hydrogen-bond acceptors (Lipinski definition) is 4. The lowest BCUT2D eigenvalue weighted by Gasteiger charge is -2.27. The summed E-state index contributed by atoms with van der Waals surface area (Å²) < 4.78 is 24.9. The molecule has 0 radical (unpaired) electrons. The highest BCUT2D eigenvalue weighted by Crippen LogP contribution is 2.18. The standard InChI is InChI=1S/C8H17NO4S/c10-5-6-14(12,13)9-7-3-1-2-4-8(7)11/h7-11H,1-6H2. The van der Waals surface area contributed by atoms with E-state index in [4.69, 9.17) is 5.11 Å². The van der Waals surface area contributed by atoms with Gasteiger partial charge in [-0.05, 0) is 12.8 Å². The van der Waals surface area contributed by atoms with Crippen molar-refractivity contribution in [1.29, 1.82) is 0 Å². The molecule has 0 bridgehead atoms. The number of hydrogen-bond donors (Lipinski definition) is 3.